The Morgan fingerprint density at radius 1 is 0.762 bits per heavy atom. The lowest BCUT2D eigenvalue weighted by Gasteiger charge is -2.21. The number of hydrogen-bond acceptors (Lipinski definition) is 0. The molecule has 0 fully saturated rings. The van der Waals surface area contributed by atoms with Crippen molar-refractivity contribution in [2.24, 2.45) is 0 Å². The Hall–Kier alpha value is -1.76. The van der Waals surface area contributed by atoms with Crippen LogP contribution in [0.1, 0.15) is 52.7 Å². The lowest BCUT2D eigenvalue weighted by molar-refractivity contribution is 0.591. The fourth-order valence-corrected chi connectivity index (χ4v) is 3.04. The van der Waals surface area contributed by atoms with Gasteiger partial charge in [0.2, 0.25) is 0 Å². The van der Waals surface area contributed by atoms with E-state index >= 15 is 0 Å². The third-order valence-electron chi connectivity index (χ3n) is 4.30. The number of rotatable bonds is 0. The van der Waals surface area contributed by atoms with Crippen molar-refractivity contribution in [1.29, 1.82) is 0 Å². The number of fused-ring (bicyclic) bond motifs is 3. The summed E-state index contributed by atoms with van der Waals surface area (Å²) in [5, 5.41) is 2.73. The van der Waals surface area contributed by atoms with Crippen molar-refractivity contribution >= 4 is 21.8 Å². The standard InChI is InChI=1S/C20H25N/c1-19(2,3)13-10-11-16-14(12-13)18-15(20(4,5)6)8-7-9-17(18)21-16/h7-12,21H,1-6H3. The average molecular weight is 279 g/mol. The summed E-state index contributed by atoms with van der Waals surface area (Å²) >= 11 is 0. The van der Waals surface area contributed by atoms with Crippen LogP contribution < -0.4 is 0 Å². The fourth-order valence-electron chi connectivity index (χ4n) is 3.04. The van der Waals surface area contributed by atoms with Crippen molar-refractivity contribution in [3.8, 4) is 0 Å². The highest BCUT2D eigenvalue weighted by Gasteiger charge is 2.20. The number of aromatic nitrogens is 1. The molecule has 0 radical (unpaired) electrons. The van der Waals surface area contributed by atoms with Gasteiger partial charge in [-0.1, -0.05) is 59.7 Å². The molecule has 21 heavy (non-hydrogen) atoms. The van der Waals surface area contributed by atoms with Crippen molar-refractivity contribution in [2.45, 2.75) is 52.4 Å². The van der Waals surface area contributed by atoms with Gasteiger partial charge in [-0.15, -0.1) is 0 Å². The van der Waals surface area contributed by atoms with Gasteiger partial charge in [-0.3, -0.25) is 0 Å². The van der Waals surface area contributed by atoms with Gasteiger partial charge in [0.05, 0.1) is 0 Å². The van der Waals surface area contributed by atoms with Crippen LogP contribution in [0.4, 0.5) is 0 Å². The third-order valence-corrected chi connectivity index (χ3v) is 4.30. The topological polar surface area (TPSA) is 15.8 Å². The zero-order valence-corrected chi connectivity index (χ0v) is 14.0. The van der Waals surface area contributed by atoms with Gasteiger partial charge in [0, 0.05) is 21.8 Å². The van der Waals surface area contributed by atoms with Gasteiger partial charge >= 0.3 is 0 Å². The SMILES string of the molecule is CC(C)(C)c1ccc2[nH]c3cccc(C(C)(C)C)c3c2c1. The van der Waals surface area contributed by atoms with Gasteiger partial charge in [-0.25, -0.2) is 0 Å². The maximum absolute atomic E-state index is 3.57. The highest BCUT2D eigenvalue weighted by atomic mass is 14.7. The predicted octanol–water partition coefficient (Wildman–Crippen LogP) is 5.92. The van der Waals surface area contributed by atoms with Crippen LogP contribution in [0.15, 0.2) is 36.4 Å². The van der Waals surface area contributed by atoms with Gasteiger partial charge in [0.25, 0.3) is 0 Å². The first-order valence-corrected chi connectivity index (χ1v) is 7.73. The lowest BCUT2D eigenvalue weighted by atomic mass is 9.83. The first kappa shape index (κ1) is 14.2. The van der Waals surface area contributed by atoms with E-state index in [0.717, 1.165) is 0 Å². The van der Waals surface area contributed by atoms with Crippen LogP contribution in [0.25, 0.3) is 21.8 Å². The van der Waals surface area contributed by atoms with E-state index in [0.29, 0.717) is 0 Å². The normalized spacial score (nSPS) is 13.2. The number of H-pyrrole nitrogens is 1. The molecule has 0 saturated heterocycles. The molecular formula is C20H25N. The van der Waals surface area contributed by atoms with Crippen molar-refractivity contribution in [3.63, 3.8) is 0 Å². The second-order valence-electron chi connectivity index (χ2n) is 8.11. The van der Waals surface area contributed by atoms with E-state index in [2.05, 4.69) is 82.9 Å². The smallest absolute Gasteiger partial charge is 0.0467 e. The maximum atomic E-state index is 3.57. The van der Waals surface area contributed by atoms with E-state index in [4.69, 9.17) is 0 Å². The Balaban J connectivity index is 2.42. The van der Waals surface area contributed by atoms with Crippen LogP contribution in [0.5, 0.6) is 0 Å². The molecule has 1 heterocycles. The minimum Gasteiger partial charge on any atom is -0.355 e. The van der Waals surface area contributed by atoms with Crippen LogP contribution in [0, 0.1) is 0 Å². The van der Waals surface area contributed by atoms with Gasteiger partial charge in [0.15, 0.2) is 0 Å². The Morgan fingerprint density at radius 2 is 1.48 bits per heavy atom. The third kappa shape index (κ3) is 2.35. The molecule has 0 aliphatic carbocycles. The number of hydrogen-bond donors (Lipinski definition) is 1. The van der Waals surface area contributed by atoms with Crippen LogP contribution in [-0.2, 0) is 10.8 Å². The molecule has 3 aromatic rings. The summed E-state index contributed by atoms with van der Waals surface area (Å²) in [6.07, 6.45) is 0. The molecule has 110 valence electrons. The van der Waals surface area contributed by atoms with Crippen LogP contribution >= 0.6 is 0 Å². The van der Waals surface area contributed by atoms with Gasteiger partial charge in [-0.2, -0.15) is 0 Å². The monoisotopic (exact) mass is 279 g/mol. The minimum absolute atomic E-state index is 0.145. The molecule has 0 aliphatic rings. The molecule has 0 unspecified atom stereocenters. The molecule has 2 aromatic carbocycles. The summed E-state index contributed by atoms with van der Waals surface area (Å²) in [6.45, 7) is 13.7. The van der Waals surface area contributed by atoms with Crippen LogP contribution in [-0.4, -0.2) is 4.98 Å². The highest BCUT2D eigenvalue weighted by Crippen LogP contribution is 2.36. The summed E-state index contributed by atoms with van der Waals surface area (Å²) in [5.41, 5.74) is 5.59. The maximum Gasteiger partial charge on any atom is 0.0467 e. The summed E-state index contributed by atoms with van der Waals surface area (Å²) in [4.78, 5) is 3.57. The van der Waals surface area contributed by atoms with E-state index in [1.165, 1.54) is 32.9 Å². The van der Waals surface area contributed by atoms with Crippen LogP contribution in [0.2, 0.25) is 0 Å². The molecule has 0 atom stereocenters. The predicted molar refractivity (Wildman–Crippen MR) is 93.2 cm³/mol. The summed E-state index contributed by atoms with van der Waals surface area (Å²) in [7, 11) is 0. The minimum atomic E-state index is 0.145. The molecule has 1 aromatic heterocycles. The second kappa shape index (κ2) is 4.37. The van der Waals surface area contributed by atoms with Crippen LogP contribution in [0.3, 0.4) is 0 Å². The van der Waals surface area contributed by atoms with Crippen molar-refractivity contribution in [1.82, 2.24) is 4.98 Å². The molecule has 1 N–H and O–H groups in total. The Labute approximate surface area is 127 Å². The number of nitrogens with one attached hydrogen (secondary N) is 1. The molecule has 0 amide bonds. The van der Waals surface area contributed by atoms with E-state index < -0.39 is 0 Å². The first-order chi connectivity index (χ1) is 9.68. The summed E-state index contributed by atoms with van der Waals surface area (Å²) in [5.74, 6) is 0. The zero-order chi connectivity index (χ0) is 15.4. The fraction of sp³-hybridized carbons (Fsp3) is 0.400. The molecule has 1 nitrogen and oxygen atoms in total. The van der Waals surface area contributed by atoms with E-state index in [1.807, 2.05) is 0 Å². The Bertz CT molecular complexity index is 807. The molecule has 0 spiro atoms. The molecule has 0 saturated carbocycles. The average Bonchev–Trinajstić information content (AvgIpc) is 2.73. The van der Waals surface area contributed by atoms with E-state index in [-0.39, 0.29) is 10.8 Å². The van der Waals surface area contributed by atoms with Crippen molar-refractivity contribution in [2.75, 3.05) is 0 Å². The van der Waals surface area contributed by atoms with Crippen molar-refractivity contribution < 1.29 is 0 Å². The van der Waals surface area contributed by atoms with Crippen molar-refractivity contribution in [3.05, 3.63) is 47.5 Å². The van der Waals surface area contributed by atoms with E-state index in [9.17, 15) is 0 Å². The van der Waals surface area contributed by atoms with E-state index in [1.54, 1.807) is 0 Å². The zero-order valence-electron chi connectivity index (χ0n) is 14.0. The van der Waals surface area contributed by atoms with Gasteiger partial charge < -0.3 is 4.98 Å². The van der Waals surface area contributed by atoms with Gasteiger partial charge in [-0.05, 0) is 40.2 Å². The molecule has 3 rings (SSSR count). The lowest BCUT2D eigenvalue weighted by Crippen LogP contribution is -2.12. The molecular weight excluding hydrogens is 254 g/mol. The molecule has 1 heteroatoms. The second-order valence-corrected chi connectivity index (χ2v) is 8.11. The summed E-state index contributed by atoms with van der Waals surface area (Å²) in [6, 6.07) is 13.4. The Morgan fingerprint density at radius 3 is 2.10 bits per heavy atom. The molecule has 0 aliphatic heterocycles. The van der Waals surface area contributed by atoms with Gasteiger partial charge in [0.1, 0.15) is 0 Å². The largest absolute Gasteiger partial charge is 0.355 e. The molecule has 0 bridgehead atoms. The first-order valence-electron chi connectivity index (χ1n) is 7.73. The summed E-state index contributed by atoms with van der Waals surface area (Å²) < 4.78 is 0. The number of benzene rings is 2. The quantitative estimate of drug-likeness (QED) is 0.526. The Kier molecular flexibility index (Phi) is 2.95. The number of aromatic amines is 1. The highest BCUT2D eigenvalue weighted by molar-refractivity contribution is 6.09.